The lowest BCUT2D eigenvalue weighted by Crippen LogP contribution is -2.66. The van der Waals surface area contributed by atoms with Crippen LogP contribution in [-0.2, 0) is 4.74 Å². The van der Waals surface area contributed by atoms with Crippen LogP contribution in [0.3, 0.4) is 0 Å². The SMILES string of the molecule is CC(C)C1CN(CC2CCOCC2)C(C)(C2CC2)CN1. The van der Waals surface area contributed by atoms with Crippen molar-refractivity contribution in [3.05, 3.63) is 0 Å². The average molecular weight is 280 g/mol. The van der Waals surface area contributed by atoms with Crippen molar-refractivity contribution in [1.29, 1.82) is 0 Å². The molecule has 1 N–H and O–H groups in total. The van der Waals surface area contributed by atoms with Crippen molar-refractivity contribution in [2.24, 2.45) is 17.8 Å². The molecule has 3 heteroatoms. The van der Waals surface area contributed by atoms with Crippen molar-refractivity contribution in [1.82, 2.24) is 10.2 Å². The molecule has 2 aliphatic heterocycles. The van der Waals surface area contributed by atoms with E-state index < -0.39 is 0 Å². The third-order valence-corrected chi connectivity index (χ3v) is 5.94. The van der Waals surface area contributed by atoms with Gasteiger partial charge in [-0.15, -0.1) is 0 Å². The van der Waals surface area contributed by atoms with Crippen LogP contribution in [0, 0.1) is 17.8 Å². The van der Waals surface area contributed by atoms with E-state index in [-0.39, 0.29) is 0 Å². The summed E-state index contributed by atoms with van der Waals surface area (Å²) in [6, 6.07) is 0.668. The molecule has 3 rings (SSSR count). The summed E-state index contributed by atoms with van der Waals surface area (Å²) in [5, 5.41) is 3.83. The number of hydrogen-bond acceptors (Lipinski definition) is 3. The van der Waals surface area contributed by atoms with Crippen LogP contribution in [-0.4, -0.2) is 49.3 Å². The molecule has 3 nitrogen and oxygen atoms in total. The Bertz CT molecular complexity index is 323. The Morgan fingerprint density at radius 2 is 1.90 bits per heavy atom. The van der Waals surface area contributed by atoms with Crippen LogP contribution < -0.4 is 5.32 Å². The van der Waals surface area contributed by atoms with E-state index in [0.717, 1.165) is 31.0 Å². The Hall–Kier alpha value is -0.120. The summed E-state index contributed by atoms with van der Waals surface area (Å²) in [7, 11) is 0. The maximum atomic E-state index is 5.53. The largest absolute Gasteiger partial charge is 0.381 e. The molecule has 0 amide bonds. The van der Waals surface area contributed by atoms with Crippen molar-refractivity contribution in [2.75, 3.05) is 32.8 Å². The molecule has 20 heavy (non-hydrogen) atoms. The maximum absolute atomic E-state index is 5.53. The van der Waals surface area contributed by atoms with Crippen molar-refractivity contribution < 1.29 is 4.74 Å². The van der Waals surface area contributed by atoms with Gasteiger partial charge in [0.2, 0.25) is 0 Å². The molecule has 0 aromatic heterocycles. The normalized spacial score (nSPS) is 37.5. The van der Waals surface area contributed by atoms with Gasteiger partial charge in [0.15, 0.2) is 0 Å². The second-order valence-electron chi connectivity index (χ2n) is 7.82. The van der Waals surface area contributed by atoms with Crippen molar-refractivity contribution in [2.45, 2.75) is 58.0 Å². The van der Waals surface area contributed by atoms with Gasteiger partial charge in [0.25, 0.3) is 0 Å². The van der Waals surface area contributed by atoms with Gasteiger partial charge in [0.1, 0.15) is 0 Å². The standard InChI is InChI=1S/C17H32N2O/c1-13(2)16-11-19(10-14-6-8-20-9-7-14)17(3,12-18-16)15-4-5-15/h13-16,18H,4-12H2,1-3H3. The molecule has 116 valence electrons. The molecule has 3 aliphatic rings. The van der Waals surface area contributed by atoms with Gasteiger partial charge in [-0.3, -0.25) is 4.90 Å². The fourth-order valence-electron chi connectivity index (χ4n) is 4.04. The van der Waals surface area contributed by atoms with E-state index in [0.29, 0.717) is 11.6 Å². The molecular formula is C17H32N2O. The molecule has 2 atom stereocenters. The number of nitrogens with zero attached hydrogens (tertiary/aromatic N) is 1. The predicted molar refractivity (Wildman–Crippen MR) is 82.9 cm³/mol. The Morgan fingerprint density at radius 3 is 2.50 bits per heavy atom. The maximum Gasteiger partial charge on any atom is 0.0469 e. The zero-order valence-electron chi connectivity index (χ0n) is 13.5. The third-order valence-electron chi connectivity index (χ3n) is 5.94. The minimum atomic E-state index is 0.406. The Balaban J connectivity index is 1.67. The number of ether oxygens (including phenoxy) is 1. The van der Waals surface area contributed by atoms with Gasteiger partial charge in [-0.2, -0.15) is 0 Å². The van der Waals surface area contributed by atoms with Crippen LogP contribution in [0.1, 0.15) is 46.5 Å². The van der Waals surface area contributed by atoms with Crippen molar-refractivity contribution in [3.63, 3.8) is 0 Å². The molecule has 0 bridgehead atoms. The predicted octanol–water partition coefficient (Wildman–Crippen LogP) is 2.51. The van der Waals surface area contributed by atoms with Gasteiger partial charge >= 0.3 is 0 Å². The molecule has 2 unspecified atom stereocenters. The van der Waals surface area contributed by atoms with Crippen LogP contribution in [0.2, 0.25) is 0 Å². The fourth-order valence-corrected chi connectivity index (χ4v) is 4.04. The van der Waals surface area contributed by atoms with E-state index >= 15 is 0 Å². The zero-order valence-corrected chi connectivity index (χ0v) is 13.5. The van der Waals surface area contributed by atoms with E-state index in [2.05, 4.69) is 31.0 Å². The van der Waals surface area contributed by atoms with Crippen molar-refractivity contribution in [3.8, 4) is 0 Å². The molecule has 0 spiro atoms. The lowest BCUT2D eigenvalue weighted by molar-refractivity contribution is -0.00974. The molecule has 3 fully saturated rings. The summed E-state index contributed by atoms with van der Waals surface area (Å²) in [5.74, 6) is 2.52. The first-order valence-electron chi connectivity index (χ1n) is 8.66. The highest BCUT2D eigenvalue weighted by Gasteiger charge is 2.48. The molecule has 2 heterocycles. The van der Waals surface area contributed by atoms with E-state index in [4.69, 9.17) is 4.74 Å². The van der Waals surface area contributed by atoms with Crippen molar-refractivity contribution >= 4 is 0 Å². The van der Waals surface area contributed by atoms with Gasteiger partial charge < -0.3 is 10.1 Å². The van der Waals surface area contributed by atoms with Crippen LogP contribution in [0.25, 0.3) is 0 Å². The molecular weight excluding hydrogens is 248 g/mol. The number of rotatable bonds is 4. The topological polar surface area (TPSA) is 24.5 Å². The molecule has 2 saturated heterocycles. The summed E-state index contributed by atoms with van der Waals surface area (Å²) in [6.07, 6.45) is 5.40. The highest BCUT2D eigenvalue weighted by molar-refractivity contribution is 5.05. The summed E-state index contributed by atoms with van der Waals surface area (Å²) in [4.78, 5) is 2.85. The Morgan fingerprint density at radius 1 is 1.20 bits per heavy atom. The van der Waals surface area contributed by atoms with Gasteiger partial charge in [-0.1, -0.05) is 13.8 Å². The number of piperazine rings is 1. The fraction of sp³-hybridized carbons (Fsp3) is 1.00. The average Bonchev–Trinajstić information content (AvgIpc) is 3.27. The molecule has 1 aliphatic carbocycles. The number of hydrogen-bond donors (Lipinski definition) is 1. The van der Waals surface area contributed by atoms with E-state index in [9.17, 15) is 0 Å². The van der Waals surface area contributed by atoms with Crippen LogP contribution in [0.4, 0.5) is 0 Å². The van der Waals surface area contributed by atoms with Crippen LogP contribution in [0.5, 0.6) is 0 Å². The molecule has 0 aromatic rings. The summed E-state index contributed by atoms with van der Waals surface area (Å²) >= 11 is 0. The minimum absolute atomic E-state index is 0.406. The minimum Gasteiger partial charge on any atom is -0.381 e. The Kier molecular flexibility index (Phi) is 4.40. The highest BCUT2D eigenvalue weighted by Crippen LogP contribution is 2.44. The second kappa shape index (κ2) is 5.94. The lowest BCUT2D eigenvalue weighted by Gasteiger charge is -2.51. The number of nitrogens with one attached hydrogen (secondary N) is 1. The van der Waals surface area contributed by atoms with E-state index in [1.165, 1.54) is 45.3 Å². The first kappa shape index (κ1) is 14.8. The smallest absolute Gasteiger partial charge is 0.0469 e. The second-order valence-corrected chi connectivity index (χ2v) is 7.82. The van der Waals surface area contributed by atoms with Gasteiger partial charge in [-0.25, -0.2) is 0 Å². The van der Waals surface area contributed by atoms with Gasteiger partial charge in [0.05, 0.1) is 0 Å². The van der Waals surface area contributed by atoms with Gasteiger partial charge in [0, 0.05) is 44.4 Å². The zero-order chi connectivity index (χ0) is 14.2. The molecule has 0 aromatic carbocycles. The monoisotopic (exact) mass is 280 g/mol. The Labute approximate surface area is 124 Å². The quantitative estimate of drug-likeness (QED) is 0.856. The third kappa shape index (κ3) is 3.05. The summed E-state index contributed by atoms with van der Waals surface area (Å²) in [5.41, 5.74) is 0.406. The van der Waals surface area contributed by atoms with E-state index in [1.807, 2.05) is 0 Å². The summed E-state index contributed by atoms with van der Waals surface area (Å²) in [6.45, 7) is 12.9. The van der Waals surface area contributed by atoms with Crippen LogP contribution in [0.15, 0.2) is 0 Å². The van der Waals surface area contributed by atoms with Crippen LogP contribution >= 0.6 is 0 Å². The lowest BCUT2D eigenvalue weighted by atomic mass is 9.85. The molecule has 0 radical (unpaired) electrons. The first-order valence-corrected chi connectivity index (χ1v) is 8.66. The van der Waals surface area contributed by atoms with Gasteiger partial charge in [-0.05, 0) is 50.4 Å². The first-order chi connectivity index (χ1) is 9.59. The van der Waals surface area contributed by atoms with E-state index in [1.54, 1.807) is 0 Å². The highest BCUT2D eigenvalue weighted by atomic mass is 16.5. The summed E-state index contributed by atoms with van der Waals surface area (Å²) < 4.78 is 5.53. The molecule has 1 saturated carbocycles.